The Morgan fingerprint density at radius 2 is 2.36 bits per heavy atom. The lowest BCUT2D eigenvalue weighted by Gasteiger charge is -2.17. The monoisotopic (exact) mass is 200 g/mol. The maximum Gasteiger partial charge on any atom is 0.236 e. The van der Waals surface area contributed by atoms with Crippen molar-refractivity contribution in [3.8, 4) is 0 Å². The van der Waals surface area contributed by atoms with Gasteiger partial charge in [-0.2, -0.15) is 0 Å². The van der Waals surface area contributed by atoms with Crippen LogP contribution in [0, 0.1) is 0 Å². The van der Waals surface area contributed by atoms with E-state index in [2.05, 4.69) is 11.9 Å². The van der Waals surface area contributed by atoms with Crippen molar-refractivity contribution in [3.63, 3.8) is 0 Å². The van der Waals surface area contributed by atoms with E-state index >= 15 is 0 Å². The molecule has 0 aliphatic carbocycles. The van der Waals surface area contributed by atoms with E-state index in [1.807, 2.05) is 0 Å². The standard InChI is InChI=1S/C10H20N2O2/c1-4-6-11-8-10(14)12(3)7-5-9(2)13/h4,9,11,13H,1,5-8H2,2-3H3. The zero-order valence-electron chi connectivity index (χ0n) is 8.99. The molecular formula is C10H20N2O2. The summed E-state index contributed by atoms with van der Waals surface area (Å²) in [7, 11) is 1.74. The second kappa shape index (κ2) is 7.53. The van der Waals surface area contributed by atoms with Gasteiger partial charge in [0.25, 0.3) is 0 Å². The lowest BCUT2D eigenvalue weighted by molar-refractivity contribution is -0.129. The fourth-order valence-corrected chi connectivity index (χ4v) is 0.921. The highest BCUT2D eigenvalue weighted by Crippen LogP contribution is 1.93. The Hall–Kier alpha value is -0.870. The van der Waals surface area contributed by atoms with Crippen molar-refractivity contribution in [2.24, 2.45) is 0 Å². The smallest absolute Gasteiger partial charge is 0.236 e. The molecule has 0 spiro atoms. The molecule has 4 heteroatoms. The summed E-state index contributed by atoms with van der Waals surface area (Å²) in [6, 6.07) is 0. The summed E-state index contributed by atoms with van der Waals surface area (Å²) < 4.78 is 0. The van der Waals surface area contributed by atoms with Crippen LogP contribution in [-0.2, 0) is 4.79 Å². The van der Waals surface area contributed by atoms with Gasteiger partial charge in [0, 0.05) is 20.1 Å². The molecule has 0 aliphatic rings. The average molecular weight is 200 g/mol. The molecule has 0 fully saturated rings. The Morgan fingerprint density at radius 3 is 2.86 bits per heavy atom. The van der Waals surface area contributed by atoms with E-state index < -0.39 is 0 Å². The van der Waals surface area contributed by atoms with Crippen LogP contribution in [0.2, 0.25) is 0 Å². The lowest BCUT2D eigenvalue weighted by atomic mass is 10.3. The maximum absolute atomic E-state index is 11.4. The summed E-state index contributed by atoms with van der Waals surface area (Å²) in [6.45, 7) is 6.80. The number of nitrogens with zero attached hydrogens (tertiary/aromatic N) is 1. The lowest BCUT2D eigenvalue weighted by Crippen LogP contribution is -2.36. The minimum Gasteiger partial charge on any atom is -0.393 e. The molecule has 2 N–H and O–H groups in total. The number of aliphatic hydroxyl groups is 1. The normalized spacial score (nSPS) is 12.2. The van der Waals surface area contributed by atoms with Crippen molar-refractivity contribution in [2.45, 2.75) is 19.4 Å². The van der Waals surface area contributed by atoms with Gasteiger partial charge in [-0.25, -0.2) is 0 Å². The Bertz CT molecular complexity index is 181. The number of aliphatic hydroxyl groups excluding tert-OH is 1. The van der Waals surface area contributed by atoms with Crippen LogP contribution in [0.25, 0.3) is 0 Å². The van der Waals surface area contributed by atoms with Crippen LogP contribution in [0.1, 0.15) is 13.3 Å². The van der Waals surface area contributed by atoms with E-state index in [9.17, 15) is 4.79 Å². The number of hydrogen-bond donors (Lipinski definition) is 2. The predicted molar refractivity (Wildman–Crippen MR) is 57.0 cm³/mol. The molecule has 0 saturated carbocycles. The molecule has 0 rings (SSSR count). The van der Waals surface area contributed by atoms with Gasteiger partial charge in [0.05, 0.1) is 12.6 Å². The zero-order valence-corrected chi connectivity index (χ0v) is 8.99. The van der Waals surface area contributed by atoms with Gasteiger partial charge >= 0.3 is 0 Å². The number of nitrogens with one attached hydrogen (secondary N) is 1. The summed E-state index contributed by atoms with van der Waals surface area (Å²) >= 11 is 0. The van der Waals surface area contributed by atoms with Crippen molar-refractivity contribution < 1.29 is 9.90 Å². The molecule has 4 nitrogen and oxygen atoms in total. The number of hydrogen-bond acceptors (Lipinski definition) is 3. The highest BCUT2D eigenvalue weighted by Gasteiger charge is 2.08. The van der Waals surface area contributed by atoms with Gasteiger partial charge in [-0.1, -0.05) is 6.08 Å². The second-order valence-corrected chi connectivity index (χ2v) is 3.37. The highest BCUT2D eigenvalue weighted by molar-refractivity contribution is 5.77. The van der Waals surface area contributed by atoms with Gasteiger partial charge in [-0.05, 0) is 13.3 Å². The van der Waals surface area contributed by atoms with Crippen LogP contribution >= 0.6 is 0 Å². The number of carbonyl (C=O) groups excluding carboxylic acids is 1. The molecule has 0 bridgehead atoms. The molecule has 0 heterocycles. The SMILES string of the molecule is C=CCNCC(=O)N(C)CCC(C)O. The molecule has 14 heavy (non-hydrogen) atoms. The zero-order chi connectivity index (χ0) is 11.0. The fourth-order valence-electron chi connectivity index (χ4n) is 0.921. The largest absolute Gasteiger partial charge is 0.393 e. The quantitative estimate of drug-likeness (QED) is 0.449. The van der Waals surface area contributed by atoms with Crippen LogP contribution in [-0.4, -0.2) is 48.7 Å². The van der Waals surface area contributed by atoms with Crippen LogP contribution in [0.4, 0.5) is 0 Å². The third kappa shape index (κ3) is 6.62. The van der Waals surface area contributed by atoms with Gasteiger partial charge in [0.15, 0.2) is 0 Å². The molecule has 1 amide bonds. The van der Waals surface area contributed by atoms with Crippen molar-refractivity contribution in [2.75, 3.05) is 26.7 Å². The van der Waals surface area contributed by atoms with E-state index in [0.717, 1.165) is 0 Å². The number of amides is 1. The number of carbonyl (C=O) groups is 1. The molecule has 0 aliphatic heterocycles. The molecule has 0 aromatic carbocycles. The summed E-state index contributed by atoms with van der Waals surface area (Å²) in [5.41, 5.74) is 0. The summed E-state index contributed by atoms with van der Waals surface area (Å²) in [5, 5.41) is 12.0. The van der Waals surface area contributed by atoms with E-state index in [1.54, 1.807) is 24.9 Å². The summed E-state index contributed by atoms with van der Waals surface area (Å²) in [5.74, 6) is 0.0347. The van der Waals surface area contributed by atoms with Crippen LogP contribution in [0.3, 0.4) is 0 Å². The predicted octanol–water partition coefficient (Wildman–Crippen LogP) is -0.00870. The first kappa shape index (κ1) is 13.1. The third-order valence-electron chi connectivity index (χ3n) is 1.87. The van der Waals surface area contributed by atoms with Gasteiger partial charge in [-0.3, -0.25) is 4.79 Å². The summed E-state index contributed by atoms with van der Waals surface area (Å²) in [6.07, 6.45) is 1.97. The molecule has 1 unspecified atom stereocenters. The van der Waals surface area contributed by atoms with Crippen molar-refractivity contribution >= 4 is 5.91 Å². The fraction of sp³-hybridized carbons (Fsp3) is 0.700. The van der Waals surface area contributed by atoms with Gasteiger partial charge in [0.1, 0.15) is 0 Å². The minimum absolute atomic E-state index is 0.0347. The summed E-state index contributed by atoms with van der Waals surface area (Å²) in [4.78, 5) is 13.0. The molecule has 82 valence electrons. The van der Waals surface area contributed by atoms with E-state index in [0.29, 0.717) is 26.1 Å². The topological polar surface area (TPSA) is 52.6 Å². The Morgan fingerprint density at radius 1 is 1.71 bits per heavy atom. The van der Waals surface area contributed by atoms with Gasteiger partial charge in [-0.15, -0.1) is 6.58 Å². The highest BCUT2D eigenvalue weighted by atomic mass is 16.3. The van der Waals surface area contributed by atoms with Gasteiger partial charge < -0.3 is 15.3 Å². The number of rotatable bonds is 7. The molecule has 0 radical (unpaired) electrons. The van der Waals surface area contributed by atoms with Crippen molar-refractivity contribution in [1.82, 2.24) is 10.2 Å². The van der Waals surface area contributed by atoms with E-state index in [4.69, 9.17) is 5.11 Å². The first-order valence-corrected chi connectivity index (χ1v) is 4.81. The molecule has 0 aromatic heterocycles. The molecule has 0 saturated heterocycles. The van der Waals surface area contributed by atoms with Crippen LogP contribution in [0.15, 0.2) is 12.7 Å². The third-order valence-corrected chi connectivity index (χ3v) is 1.87. The van der Waals surface area contributed by atoms with Crippen LogP contribution < -0.4 is 5.32 Å². The molecular weight excluding hydrogens is 180 g/mol. The van der Waals surface area contributed by atoms with Crippen LogP contribution in [0.5, 0.6) is 0 Å². The Labute approximate surface area is 85.6 Å². The maximum atomic E-state index is 11.4. The second-order valence-electron chi connectivity index (χ2n) is 3.37. The first-order chi connectivity index (χ1) is 6.57. The molecule has 0 aromatic rings. The minimum atomic E-state index is -0.355. The van der Waals surface area contributed by atoms with Crippen molar-refractivity contribution in [3.05, 3.63) is 12.7 Å². The Balaban J connectivity index is 3.59. The van der Waals surface area contributed by atoms with Crippen molar-refractivity contribution in [1.29, 1.82) is 0 Å². The average Bonchev–Trinajstić information content (AvgIpc) is 2.14. The molecule has 1 atom stereocenters. The number of likely N-dealkylation sites (N-methyl/N-ethyl adjacent to an activating group) is 1. The van der Waals surface area contributed by atoms with E-state index in [1.165, 1.54) is 0 Å². The Kier molecular flexibility index (Phi) is 7.06. The van der Waals surface area contributed by atoms with Gasteiger partial charge in [0.2, 0.25) is 5.91 Å². The van der Waals surface area contributed by atoms with E-state index in [-0.39, 0.29) is 12.0 Å². The first-order valence-electron chi connectivity index (χ1n) is 4.81.